The Kier molecular flexibility index (Phi) is 7.66. The molecule has 154 valence electrons. The minimum atomic E-state index is -0.707. The summed E-state index contributed by atoms with van der Waals surface area (Å²) in [5.74, 6) is 2.41. The maximum atomic E-state index is 10.3. The van der Waals surface area contributed by atoms with Crippen LogP contribution < -0.4 is 9.47 Å². The van der Waals surface area contributed by atoms with Crippen molar-refractivity contribution in [2.45, 2.75) is 24.7 Å². The van der Waals surface area contributed by atoms with Gasteiger partial charge in [0.05, 0.1) is 18.2 Å². The van der Waals surface area contributed by atoms with Gasteiger partial charge in [-0.15, -0.1) is 10.2 Å². The molecule has 1 aromatic heterocycles. The topological polar surface area (TPSA) is 69.4 Å². The normalized spacial score (nSPS) is 12.0. The monoisotopic (exact) mass is 453 g/mol. The summed E-state index contributed by atoms with van der Waals surface area (Å²) >= 11 is 13.4. The smallest absolute Gasteiger partial charge is 0.191 e. The first-order valence-electron chi connectivity index (χ1n) is 8.98. The van der Waals surface area contributed by atoms with Crippen molar-refractivity contribution < 1.29 is 14.6 Å². The predicted octanol–water partition coefficient (Wildman–Crippen LogP) is 4.81. The summed E-state index contributed by atoms with van der Waals surface area (Å²) < 4.78 is 12.8. The highest BCUT2D eigenvalue weighted by atomic mass is 35.5. The maximum Gasteiger partial charge on any atom is 0.191 e. The summed E-state index contributed by atoms with van der Waals surface area (Å²) in [5.41, 5.74) is 0.950. The van der Waals surface area contributed by atoms with Crippen LogP contribution in [0.1, 0.15) is 6.92 Å². The highest BCUT2D eigenvalue weighted by Crippen LogP contribution is 2.29. The molecule has 0 radical (unpaired) electrons. The molecule has 2 aromatic carbocycles. The van der Waals surface area contributed by atoms with E-state index in [0.29, 0.717) is 28.1 Å². The number of hydrogen-bond donors (Lipinski definition) is 1. The average Bonchev–Trinajstić information content (AvgIpc) is 3.15. The summed E-state index contributed by atoms with van der Waals surface area (Å²) in [5, 5.41) is 20.6. The van der Waals surface area contributed by atoms with Gasteiger partial charge in [-0.25, -0.2) is 0 Å². The van der Waals surface area contributed by atoms with Crippen molar-refractivity contribution in [2.75, 3.05) is 19.5 Å². The molecule has 1 atom stereocenters. The zero-order valence-corrected chi connectivity index (χ0v) is 18.3. The van der Waals surface area contributed by atoms with E-state index >= 15 is 0 Å². The minimum absolute atomic E-state index is 0.0959. The summed E-state index contributed by atoms with van der Waals surface area (Å²) in [4.78, 5) is 0. The molecule has 0 bridgehead atoms. The molecule has 1 heterocycles. The number of ether oxygens (including phenoxy) is 2. The third kappa shape index (κ3) is 5.57. The Balaban J connectivity index is 1.61. The minimum Gasteiger partial charge on any atom is -0.497 e. The van der Waals surface area contributed by atoms with Crippen molar-refractivity contribution in [2.24, 2.45) is 0 Å². The van der Waals surface area contributed by atoms with Gasteiger partial charge in [-0.2, -0.15) is 0 Å². The van der Waals surface area contributed by atoms with Crippen molar-refractivity contribution >= 4 is 35.0 Å². The van der Waals surface area contributed by atoms with Gasteiger partial charge < -0.3 is 19.1 Å². The molecule has 0 saturated heterocycles. The Morgan fingerprint density at radius 2 is 1.90 bits per heavy atom. The van der Waals surface area contributed by atoms with E-state index in [9.17, 15) is 5.11 Å². The van der Waals surface area contributed by atoms with Crippen LogP contribution in [0.3, 0.4) is 0 Å². The van der Waals surface area contributed by atoms with Crippen molar-refractivity contribution in [1.29, 1.82) is 0 Å². The number of aliphatic hydroxyl groups excluding tert-OH is 1. The number of halogens is 2. The highest BCUT2D eigenvalue weighted by Gasteiger charge is 2.16. The van der Waals surface area contributed by atoms with E-state index in [2.05, 4.69) is 10.2 Å². The molecular formula is C20H21Cl2N3O3S. The van der Waals surface area contributed by atoms with Crippen LogP contribution in [-0.4, -0.2) is 45.4 Å². The molecule has 1 unspecified atom stereocenters. The third-order valence-electron chi connectivity index (χ3n) is 4.11. The number of aliphatic hydroxyl groups is 1. The van der Waals surface area contributed by atoms with Crippen LogP contribution in [0.15, 0.2) is 47.6 Å². The van der Waals surface area contributed by atoms with Crippen LogP contribution >= 0.6 is 35.0 Å². The predicted molar refractivity (Wildman–Crippen MR) is 116 cm³/mol. The fourth-order valence-electron chi connectivity index (χ4n) is 2.63. The van der Waals surface area contributed by atoms with Gasteiger partial charge in [0.2, 0.25) is 0 Å². The van der Waals surface area contributed by atoms with Crippen molar-refractivity contribution in [1.82, 2.24) is 14.8 Å². The standard InChI is InChI=1S/C20H21Cl2N3O3S/c1-3-25-19(13-4-7-16(27-2)8-5-13)23-24-20(25)29-12-15(26)11-28-18-10-14(21)6-9-17(18)22/h4-10,15,26H,3,11-12H2,1-2H3. The van der Waals surface area contributed by atoms with E-state index in [4.69, 9.17) is 32.7 Å². The van der Waals surface area contributed by atoms with Crippen LogP contribution in [0.4, 0.5) is 0 Å². The number of benzene rings is 2. The zero-order chi connectivity index (χ0) is 20.8. The van der Waals surface area contributed by atoms with Gasteiger partial charge in [0.15, 0.2) is 11.0 Å². The largest absolute Gasteiger partial charge is 0.497 e. The Hall–Kier alpha value is -1.93. The first kappa shape index (κ1) is 21.8. The van der Waals surface area contributed by atoms with Crippen molar-refractivity contribution in [3.63, 3.8) is 0 Å². The fourth-order valence-corrected chi connectivity index (χ4v) is 3.87. The SMILES string of the molecule is CCn1c(SCC(O)COc2cc(Cl)ccc2Cl)nnc1-c1ccc(OC)cc1. The fraction of sp³-hybridized carbons (Fsp3) is 0.300. The lowest BCUT2D eigenvalue weighted by atomic mass is 10.2. The summed E-state index contributed by atoms with van der Waals surface area (Å²) in [6, 6.07) is 12.6. The van der Waals surface area contributed by atoms with Gasteiger partial charge >= 0.3 is 0 Å². The van der Waals surface area contributed by atoms with E-state index in [-0.39, 0.29) is 6.61 Å². The lowest BCUT2D eigenvalue weighted by Gasteiger charge is -2.13. The second kappa shape index (κ2) is 10.2. The molecule has 0 spiro atoms. The molecule has 1 N–H and O–H groups in total. The van der Waals surface area contributed by atoms with Crippen LogP contribution in [0, 0.1) is 0 Å². The van der Waals surface area contributed by atoms with E-state index in [1.807, 2.05) is 35.8 Å². The lowest BCUT2D eigenvalue weighted by molar-refractivity contribution is 0.126. The number of thioether (sulfide) groups is 1. The van der Waals surface area contributed by atoms with Crippen LogP contribution in [0.2, 0.25) is 10.0 Å². The van der Waals surface area contributed by atoms with Gasteiger partial charge in [-0.3, -0.25) is 0 Å². The van der Waals surface area contributed by atoms with E-state index in [0.717, 1.165) is 22.3 Å². The van der Waals surface area contributed by atoms with Crippen LogP contribution in [-0.2, 0) is 6.54 Å². The second-order valence-electron chi connectivity index (χ2n) is 6.13. The quantitative estimate of drug-likeness (QED) is 0.468. The van der Waals surface area contributed by atoms with E-state index in [1.54, 1.807) is 25.3 Å². The average molecular weight is 454 g/mol. The molecule has 0 aliphatic rings. The summed E-state index contributed by atoms with van der Waals surface area (Å²) in [6.45, 7) is 2.83. The highest BCUT2D eigenvalue weighted by molar-refractivity contribution is 7.99. The number of nitrogens with zero attached hydrogens (tertiary/aromatic N) is 3. The van der Waals surface area contributed by atoms with Gasteiger partial charge in [0.1, 0.15) is 18.1 Å². The van der Waals surface area contributed by atoms with Gasteiger partial charge in [-0.1, -0.05) is 35.0 Å². The Morgan fingerprint density at radius 3 is 2.59 bits per heavy atom. The number of methoxy groups -OCH3 is 1. The first-order chi connectivity index (χ1) is 14.0. The number of rotatable bonds is 9. The molecule has 9 heteroatoms. The van der Waals surface area contributed by atoms with Gasteiger partial charge in [-0.05, 0) is 43.3 Å². The summed E-state index contributed by atoms with van der Waals surface area (Å²) in [6.07, 6.45) is -0.707. The molecule has 3 aromatic rings. The van der Waals surface area contributed by atoms with Crippen molar-refractivity contribution in [3.8, 4) is 22.9 Å². The Labute approximate surface area is 183 Å². The maximum absolute atomic E-state index is 10.3. The van der Waals surface area contributed by atoms with Crippen molar-refractivity contribution in [3.05, 3.63) is 52.5 Å². The van der Waals surface area contributed by atoms with Crippen LogP contribution in [0.25, 0.3) is 11.4 Å². The molecular weight excluding hydrogens is 433 g/mol. The molecule has 0 aliphatic heterocycles. The molecule has 29 heavy (non-hydrogen) atoms. The molecule has 0 amide bonds. The Bertz CT molecular complexity index is 951. The third-order valence-corrected chi connectivity index (χ3v) is 5.77. The van der Waals surface area contributed by atoms with E-state index in [1.165, 1.54) is 11.8 Å². The molecule has 3 rings (SSSR count). The summed E-state index contributed by atoms with van der Waals surface area (Å²) in [7, 11) is 1.63. The number of hydrogen-bond acceptors (Lipinski definition) is 6. The molecule has 0 aliphatic carbocycles. The Morgan fingerprint density at radius 1 is 1.14 bits per heavy atom. The molecule has 0 fully saturated rings. The van der Waals surface area contributed by atoms with Gasteiger partial charge in [0.25, 0.3) is 0 Å². The first-order valence-corrected chi connectivity index (χ1v) is 10.7. The van der Waals surface area contributed by atoms with Crippen LogP contribution in [0.5, 0.6) is 11.5 Å². The van der Waals surface area contributed by atoms with E-state index < -0.39 is 6.10 Å². The number of aromatic nitrogens is 3. The second-order valence-corrected chi connectivity index (χ2v) is 7.96. The zero-order valence-electron chi connectivity index (χ0n) is 16.0. The molecule has 6 nitrogen and oxygen atoms in total. The molecule has 0 saturated carbocycles. The lowest BCUT2D eigenvalue weighted by Crippen LogP contribution is -2.20. The van der Waals surface area contributed by atoms with Gasteiger partial charge in [0, 0.05) is 29.0 Å².